The van der Waals surface area contributed by atoms with E-state index in [1.165, 1.54) is 23.5 Å². The smallest absolute Gasteiger partial charge is 0.282 e. The van der Waals surface area contributed by atoms with Crippen LogP contribution in [0.4, 0.5) is 4.39 Å². The predicted octanol–water partition coefficient (Wildman–Crippen LogP) is 4.25. The Bertz CT molecular complexity index is 959. The van der Waals surface area contributed by atoms with Crippen LogP contribution in [0.15, 0.2) is 47.5 Å². The molecule has 1 amide bonds. The lowest BCUT2D eigenvalue weighted by atomic mass is 10.2. The number of carbonyl (C=O) groups is 1. The fourth-order valence-electron chi connectivity index (χ4n) is 2.45. The number of aromatic nitrogens is 1. The van der Waals surface area contributed by atoms with Crippen LogP contribution in [0.1, 0.15) is 15.9 Å². The van der Waals surface area contributed by atoms with Gasteiger partial charge in [-0.3, -0.25) is 4.79 Å². The lowest BCUT2D eigenvalue weighted by Crippen LogP contribution is -2.18. The SMILES string of the molecule is CSCCn1c(=NC(=O)c2ccccc2F)sc2cc(C)ccc21. The molecule has 3 rings (SSSR count). The Morgan fingerprint density at radius 2 is 2.08 bits per heavy atom. The molecule has 0 saturated heterocycles. The number of aryl methyl sites for hydroxylation is 2. The minimum Gasteiger partial charge on any atom is -0.316 e. The molecular weight excluding hydrogens is 343 g/mol. The third-order valence-electron chi connectivity index (χ3n) is 3.66. The van der Waals surface area contributed by atoms with Crippen LogP contribution in [-0.2, 0) is 6.54 Å². The molecule has 0 N–H and O–H groups in total. The number of fused-ring (bicyclic) bond motifs is 1. The molecule has 0 bridgehead atoms. The first-order valence-electron chi connectivity index (χ1n) is 7.52. The number of hydrogen-bond donors (Lipinski definition) is 0. The summed E-state index contributed by atoms with van der Waals surface area (Å²) in [5, 5.41) is 0. The van der Waals surface area contributed by atoms with Gasteiger partial charge in [0.05, 0.1) is 15.8 Å². The maximum Gasteiger partial charge on any atom is 0.282 e. The zero-order chi connectivity index (χ0) is 17.1. The van der Waals surface area contributed by atoms with Gasteiger partial charge < -0.3 is 4.57 Å². The van der Waals surface area contributed by atoms with E-state index in [1.54, 1.807) is 23.9 Å². The molecule has 0 saturated carbocycles. The summed E-state index contributed by atoms with van der Waals surface area (Å²) in [6, 6.07) is 12.1. The Labute approximate surface area is 147 Å². The van der Waals surface area contributed by atoms with E-state index >= 15 is 0 Å². The quantitative estimate of drug-likeness (QED) is 0.697. The van der Waals surface area contributed by atoms with Gasteiger partial charge in [-0.2, -0.15) is 16.8 Å². The van der Waals surface area contributed by atoms with E-state index in [2.05, 4.69) is 11.1 Å². The van der Waals surface area contributed by atoms with Gasteiger partial charge in [0.1, 0.15) is 5.82 Å². The second-order valence-corrected chi connectivity index (χ2v) is 7.39. The summed E-state index contributed by atoms with van der Waals surface area (Å²) >= 11 is 3.20. The highest BCUT2D eigenvalue weighted by Crippen LogP contribution is 2.19. The van der Waals surface area contributed by atoms with Crippen LogP contribution >= 0.6 is 23.1 Å². The standard InChI is InChI=1S/C18H17FN2OS2/c1-12-7-8-15-16(11-12)24-18(21(15)9-10-23-2)20-17(22)13-5-3-4-6-14(13)19/h3-8,11H,9-10H2,1-2H3. The number of halogens is 1. The molecule has 0 aliphatic rings. The third kappa shape index (κ3) is 3.44. The Kier molecular flexibility index (Phi) is 5.16. The molecule has 0 radical (unpaired) electrons. The maximum atomic E-state index is 13.8. The minimum absolute atomic E-state index is 0.00236. The zero-order valence-corrected chi connectivity index (χ0v) is 15.1. The molecule has 0 aliphatic heterocycles. The second-order valence-electron chi connectivity index (χ2n) is 5.40. The summed E-state index contributed by atoms with van der Waals surface area (Å²) in [5.74, 6) is -0.172. The van der Waals surface area contributed by atoms with Crippen LogP contribution < -0.4 is 4.80 Å². The van der Waals surface area contributed by atoms with Crippen LogP contribution in [-0.4, -0.2) is 22.5 Å². The molecule has 24 heavy (non-hydrogen) atoms. The van der Waals surface area contributed by atoms with Gasteiger partial charge in [-0.15, -0.1) is 0 Å². The molecule has 0 aliphatic carbocycles. The summed E-state index contributed by atoms with van der Waals surface area (Å²) in [4.78, 5) is 17.2. The average molecular weight is 360 g/mol. The van der Waals surface area contributed by atoms with Gasteiger partial charge in [0, 0.05) is 12.3 Å². The Morgan fingerprint density at radius 1 is 1.29 bits per heavy atom. The molecule has 3 nitrogen and oxygen atoms in total. The monoisotopic (exact) mass is 360 g/mol. The van der Waals surface area contributed by atoms with Gasteiger partial charge in [-0.1, -0.05) is 29.5 Å². The first-order valence-corrected chi connectivity index (χ1v) is 9.73. The van der Waals surface area contributed by atoms with E-state index in [-0.39, 0.29) is 5.56 Å². The molecule has 0 unspecified atom stereocenters. The Balaban J connectivity index is 2.13. The highest BCUT2D eigenvalue weighted by Gasteiger charge is 2.12. The van der Waals surface area contributed by atoms with Crippen LogP contribution in [0.3, 0.4) is 0 Å². The topological polar surface area (TPSA) is 34.4 Å². The van der Waals surface area contributed by atoms with E-state index in [1.807, 2.05) is 29.9 Å². The number of nitrogens with zero attached hydrogens (tertiary/aromatic N) is 2. The van der Waals surface area contributed by atoms with Crippen LogP contribution in [0.2, 0.25) is 0 Å². The van der Waals surface area contributed by atoms with E-state index < -0.39 is 11.7 Å². The fraction of sp³-hybridized carbons (Fsp3) is 0.222. The number of rotatable bonds is 4. The Morgan fingerprint density at radius 3 is 2.83 bits per heavy atom. The molecule has 0 fully saturated rings. The van der Waals surface area contributed by atoms with Crippen molar-refractivity contribution < 1.29 is 9.18 Å². The second kappa shape index (κ2) is 7.32. The van der Waals surface area contributed by atoms with E-state index in [0.29, 0.717) is 4.80 Å². The molecule has 6 heteroatoms. The number of thiazole rings is 1. The molecule has 2 aromatic carbocycles. The summed E-state index contributed by atoms with van der Waals surface area (Å²) in [5.41, 5.74) is 2.22. The summed E-state index contributed by atoms with van der Waals surface area (Å²) in [6.45, 7) is 2.79. The van der Waals surface area contributed by atoms with Gasteiger partial charge in [0.15, 0.2) is 4.80 Å². The van der Waals surface area contributed by atoms with Crippen LogP contribution in [0, 0.1) is 12.7 Å². The van der Waals surface area contributed by atoms with Crippen molar-refractivity contribution >= 4 is 39.2 Å². The number of amides is 1. The van der Waals surface area contributed by atoms with E-state index in [9.17, 15) is 9.18 Å². The van der Waals surface area contributed by atoms with Crippen molar-refractivity contribution in [3.05, 3.63) is 64.2 Å². The van der Waals surface area contributed by atoms with Crippen molar-refractivity contribution in [2.75, 3.05) is 12.0 Å². The van der Waals surface area contributed by atoms with Gasteiger partial charge in [-0.05, 0) is 43.0 Å². The van der Waals surface area contributed by atoms with Crippen molar-refractivity contribution in [1.29, 1.82) is 0 Å². The van der Waals surface area contributed by atoms with Gasteiger partial charge in [0.25, 0.3) is 5.91 Å². The molecule has 124 valence electrons. The normalized spacial score (nSPS) is 12.0. The molecule has 0 atom stereocenters. The van der Waals surface area contributed by atoms with Crippen molar-refractivity contribution in [3.63, 3.8) is 0 Å². The lowest BCUT2D eigenvalue weighted by molar-refractivity contribution is 0.0994. The number of hydrogen-bond acceptors (Lipinski definition) is 3. The lowest BCUT2D eigenvalue weighted by Gasteiger charge is -2.04. The molecule has 3 aromatic rings. The number of benzene rings is 2. The third-order valence-corrected chi connectivity index (χ3v) is 5.29. The van der Waals surface area contributed by atoms with Crippen molar-refractivity contribution in [2.24, 2.45) is 4.99 Å². The van der Waals surface area contributed by atoms with Crippen molar-refractivity contribution in [2.45, 2.75) is 13.5 Å². The highest BCUT2D eigenvalue weighted by atomic mass is 32.2. The number of carbonyl (C=O) groups excluding carboxylic acids is 1. The Hall–Kier alpha value is -1.92. The predicted molar refractivity (Wildman–Crippen MR) is 99.2 cm³/mol. The summed E-state index contributed by atoms with van der Waals surface area (Å²) in [6.07, 6.45) is 2.04. The largest absolute Gasteiger partial charge is 0.316 e. The van der Waals surface area contributed by atoms with Crippen LogP contribution in [0.5, 0.6) is 0 Å². The fourth-order valence-corrected chi connectivity index (χ4v) is 3.96. The van der Waals surface area contributed by atoms with Crippen LogP contribution in [0.25, 0.3) is 10.2 Å². The first kappa shape index (κ1) is 16.9. The van der Waals surface area contributed by atoms with Gasteiger partial charge in [0.2, 0.25) is 0 Å². The first-order chi connectivity index (χ1) is 11.6. The molecular formula is C18H17FN2OS2. The zero-order valence-electron chi connectivity index (χ0n) is 13.5. The molecule has 1 heterocycles. The summed E-state index contributed by atoms with van der Waals surface area (Å²) in [7, 11) is 0. The number of thioether (sulfide) groups is 1. The van der Waals surface area contributed by atoms with E-state index in [4.69, 9.17) is 0 Å². The van der Waals surface area contributed by atoms with Crippen molar-refractivity contribution in [1.82, 2.24) is 4.57 Å². The minimum atomic E-state index is -0.547. The molecule has 0 spiro atoms. The molecule has 1 aromatic heterocycles. The average Bonchev–Trinajstić information content (AvgIpc) is 2.89. The van der Waals surface area contributed by atoms with Crippen molar-refractivity contribution in [3.8, 4) is 0 Å². The van der Waals surface area contributed by atoms with Gasteiger partial charge >= 0.3 is 0 Å². The van der Waals surface area contributed by atoms with E-state index in [0.717, 1.165) is 28.1 Å². The maximum absolute atomic E-state index is 13.8. The van der Waals surface area contributed by atoms with Gasteiger partial charge in [-0.25, -0.2) is 4.39 Å². The highest BCUT2D eigenvalue weighted by molar-refractivity contribution is 7.98. The summed E-state index contributed by atoms with van der Waals surface area (Å²) < 4.78 is 16.9.